The average molecular weight is 538 g/mol. The van der Waals surface area contributed by atoms with Gasteiger partial charge in [-0.2, -0.15) is 0 Å². The zero-order chi connectivity index (χ0) is 28.0. The lowest BCUT2D eigenvalue weighted by atomic mass is 9.72. The molecule has 40 heavy (non-hydrogen) atoms. The van der Waals surface area contributed by atoms with Crippen LogP contribution in [0.5, 0.6) is 0 Å². The summed E-state index contributed by atoms with van der Waals surface area (Å²) in [5.74, 6) is 1.40. The predicted molar refractivity (Wildman–Crippen MR) is 165 cm³/mol. The summed E-state index contributed by atoms with van der Waals surface area (Å²) in [6, 6.07) is 28.8. The Morgan fingerprint density at radius 1 is 0.775 bits per heavy atom. The average Bonchev–Trinajstić information content (AvgIpc) is 3.84. The van der Waals surface area contributed by atoms with Gasteiger partial charge in [-0.15, -0.1) is 0 Å². The van der Waals surface area contributed by atoms with E-state index in [0.717, 1.165) is 67.9 Å². The Morgan fingerprint density at radius 2 is 1.35 bits per heavy atom. The van der Waals surface area contributed by atoms with Crippen molar-refractivity contribution in [1.82, 2.24) is 4.90 Å². The van der Waals surface area contributed by atoms with Crippen molar-refractivity contribution in [2.45, 2.75) is 82.7 Å². The lowest BCUT2D eigenvalue weighted by molar-refractivity contribution is -0.0143. The van der Waals surface area contributed by atoms with Crippen LogP contribution < -0.4 is 0 Å². The van der Waals surface area contributed by atoms with Gasteiger partial charge in [0.15, 0.2) is 5.78 Å². The van der Waals surface area contributed by atoms with Crippen molar-refractivity contribution in [2.24, 2.45) is 11.8 Å². The highest BCUT2D eigenvalue weighted by Gasteiger charge is 2.41. The molecule has 212 valence electrons. The molecule has 1 saturated carbocycles. The smallest absolute Gasteiger partial charge is 0.162 e. The molecule has 0 unspecified atom stereocenters. The molecule has 3 aromatic rings. The molecule has 1 N–H and O–H groups in total. The Hall–Kier alpha value is -2.75. The summed E-state index contributed by atoms with van der Waals surface area (Å²) in [5, 5.41) is 12.1. The minimum Gasteiger partial charge on any atom is -0.380 e. The van der Waals surface area contributed by atoms with Crippen LogP contribution in [0.25, 0.3) is 0 Å². The molecule has 1 aliphatic heterocycles. The molecule has 0 radical (unpaired) electrons. The van der Waals surface area contributed by atoms with Crippen molar-refractivity contribution >= 4 is 5.78 Å². The normalized spacial score (nSPS) is 17.2. The van der Waals surface area contributed by atoms with Gasteiger partial charge >= 0.3 is 0 Å². The summed E-state index contributed by atoms with van der Waals surface area (Å²) in [4.78, 5) is 15.4. The third-order valence-electron chi connectivity index (χ3n) is 9.60. The molecular formula is C37H47NO2. The Balaban J connectivity index is 1.07. The fraction of sp³-hybridized carbons (Fsp3) is 0.486. The number of benzene rings is 3. The standard InChI is InChI=1S/C37H47NO2/c1-36(2,25-22-29-16-17-29)31-20-18-30(19-21-31)35(39)15-9-10-26-38-27-23-34(24-28-38)37(40,32-11-5-3-6-12-32)33-13-7-4-8-14-33/h3-8,11-14,18-21,29,34,40H,9-10,15-17,22-28H2,1-2H3. The highest BCUT2D eigenvalue weighted by molar-refractivity contribution is 5.96. The number of hydrogen-bond acceptors (Lipinski definition) is 3. The van der Waals surface area contributed by atoms with Crippen LogP contribution in [-0.4, -0.2) is 35.4 Å². The second-order valence-electron chi connectivity index (χ2n) is 12.9. The summed E-state index contributed by atoms with van der Waals surface area (Å²) < 4.78 is 0. The molecule has 1 heterocycles. The van der Waals surface area contributed by atoms with Crippen LogP contribution in [0, 0.1) is 11.8 Å². The van der Waals surface area contributed by atoms with E-state index in [1.807, 2.05) is 48.5 Å². The van der Waals surface area contributed by atoms with Gasteiger partial charge in [0.1, 0.15) is 5.60 Å². The molecule has 0 aromatic heterocycles. The van der Waals surface area contributed by atoms with E-state index >= 15 is 0 Å². The van der Waals surface area contributed by atoms with E-state index in [9.17, 15) is 9.90 Å². The van der Waals surface area contributed by atoms with Crippen LogP contribution in [0.15, 0.2) is 84.9 Å². The third-order valence-corrected chi connectivity index (χ3v) is 9.60. The first-order valence-electron chi connectivity index (χ1n) is 15.6. The van der Waals surface area contributed by atoms with Gasteiger partial charge in [-0.1, -0.05) is 112 Å². The summed E-state index contributed by atoms with van der Waals surface area (Å²) in [6.07, 6.45) is 9.86. The fourth-order valence-electron chi connectivity index (χ4n) is 6.59. The molecule has 3 nitrogen and oxygen atoms in total. The largest absolute Gasteiger partial charge is 0.380 e. The first kappa shape index (κ1) is 28.8. The number of piperidine rings is 1. The Bertz CT molecular complexity index is 1170. The summed E-state index contributed by atoms with van der Waals surface area (Å²) in [7, 11) is 0. The summed E-state index contributed by atoms with van der Waals surface area (Å²) >= 11 is 0. The summed E-state index contributed by atoms with van der Waals surface area (Å²) in [6.45, 7) is 7.65. The monoisotopic (exact) mass is 537 g/mol. The van der Waals surface area contributed by atoms with Gasteiger partial charge in [0.2, 0.25) is 0 Å². The molecule has 2 aliphatic rings. The van der Waals surface area contributed by atoms with Crippen LogP contribution in [0.2, 0.25) is 0 Å². The van der Waals surface area contributed by atoms with Gasteiger partial charge in [-0.05, 0) is 92.1 Å². The van der Waals surface area contributed by atoms with Gasteiger partial charge in [0.25, 0.3) is 0 Å². The number of nitrogens with zero attached hydrogens (tertiary/aromatic N) is 1. The summed E-state index contributed by atoms with van der Waals surface area (Å²) in [5.41, 5.74) is 3.36. The zero-order valence-corrected chi connectivity index (χ0v) is 24.5. The predicted octanol–water partition coefficient (Wildman–Crippen LogP) is 8.16. The zero-order valence-electron chi connectivity index (χ0n) is 24.5. The molecule has 0 spiro atoms. The van der Waals surface area contributed by atoms with Crippen molar-refractivity contribution in [3.63, 3.8) is 0 Å². The van der Waals surface area contributed by atoms with Crippen LogP contribution in [-0.2, 0) is 11.0 Å². The maximum Gasteiger partial charge on any atom is 0.162 e. The second-order valence-corrected chi connectivity index (χ2v) is 12.9. The molecule has 3 aromatic carbocycles. The molecule has 1 saturated heterocycles. The highest BCUT2D eigenvalue weighted by atomic mass is 16.3. The SMILES string of the molecule is CC(C)(CCC1CC1)c1ccc(C(=O)CCCCN2CCC(C(O)(c3ccccc3)c3ccccc3)CC2)cc1. The van der Waals surface area contributed by atoms with E-state index in [0.29, 0.717) is 6.42 Å². The number of ketones is 1. The minimum absolute atomic E-state index is 0.176. The molecule has 0 atom stereocenters. The molecule has 0 amide bonds. The van der Waals surface area contributed by atoms with Crippen molar-refractivity contribution in [1.29, 1.82) is 0 Å². The number of hydrogen-bond donors (Lipinski definition) is 1. The molecule has 2 fully saturated rings. The van der Waals surface area contributed by atoms with Gasteiger partial charge < -0.3 is 10.0 Å². The maximum absolute atomic E-state index is 12.9. The number of carbonyl (C=O) groups is 1. The van der Waals surface area contributed by atoms with Crippen LogP contribution in [0.1, 0.15) is 98.7 Å². The lowest BCUT2D eigenvalue weighted by Gasteiger charge is -2.42. The maximum atomic E-state index is 12.9. The quantitative estimate of drug-likeness (QED) is 0.177. The van der Waals surface area contributed by atoms with Crippen molar-refractivity contribution in [3.05, 3.63) is 107 Å². The van der Waals surface area contributed by atoms with E-state index in [1.54, 1.807) is 0 Å². The van der Waals surface area contributed by atoms with E-state index in [1.165, 1.54) is 31.2 Å². The van der Waals surface area contributed by atoms with E-state index in [4.69, 9.17) is 0 Å². The Kier molecular flexibility index (Phi) is 9.23. The number of rotatable bonds is 13. The molecular weight excluding hydrogens is 490 g/mol. The van der Waals surface area contributed by atoms with E-state index in [2.05, 4.69) is 55.1 Å². The molecule has 3 heteroatoms. The van der Waals surface area contributed by atoms with Crippen LogP contribution >= 0.6 is 0 Å². The second kappa shape index (κ2) is 12.8. The van der Waals surface area contributed by atoms with E-state index < -0.39 is 5.60 Å². The number of likely N-dealkylation sites (tertiary alicyclic amines) is 1. The van der Waals surface area contributed by atoms with Crippen molar-refractivity contribution in [3.8, 4) is 0 Å². The van der Waals surface area contributed by atoms with Crippen molar-refractivity contribution < 1.29 is 9.90 Å². The Labute approximate surface area is 241 Å². The lowest BCUT2D eigenvalue weighted by Crippen LogP contribution is -2.44. The topological polar surface area (TPSA) is 40.5 Å². The number of carbonyl (C=O) groups excluding carboxylic acids is 1. The first-order chi connectivity index (χ1) is 19.4. The highest BCUT2D eigenvalue weighted by Crippen LogP contribution is 2.42. The number of Topliss-reactive ketones (excluding diaryl/α,β-unsaturated/α-hetero) is 1. The van der Waals surface area contributed by atoms with Crippen molar-refractivity contribution in [2.75, 3.05) is 19.6 Å². The first-order valence-corrected chi connectivity index (χ1v) is 15.6. The molecule has 0 bridgehead atoms. The van der Waals surface area contributed by atoms with Gasteiger partial charge in [-0.25, -0.2) is 0 Å². The van der Waals surface area contributed by atoms with Gasteiger partial charge in [0, 0.05) is 12.0 Å². The minimum atomic E-state index is -0.969. The molecule has 5 rings (SSSR count). The Morgan fingerprint density at radius 3 is 1.90 bits per heavy atom. The third kappa shape index (κ3) is 6.93. The van der Waals surface area contributed by atoms with Crippen LogP contribution in [0.3, 0.4) is 0 Å². The molecule has 1 aliphatic carbocycles. The number of aliphatic hydroxyl groups is 1. The fourth-order valence-corrected chi connectivity index (χ4v) is 6.59. The van der Waals surface area contributed by atoms with Gasteiger partial charge in [0.05, 0.1) is 0 Å². The van der Waals surface area contributed by atoms with E-state index in [-0.39, 0.29) is 17.1 Å². The van der Waals surface area contributed by atoms with Crippen LogP contribution in [0.4, 0.5) is 0 Å². The number of unbranched alkanes of at least 4 members (excludes halogenated alkanes) is 1. The van der Waals surface area contributed by atoms with Gasteiger partial charge in [-0.3, -0.25) is 4.79 Å².